The van der Waals surface area contributed by atoms with Crippen LogP contribution < -0.4 is 11.3 Å². The molecule has 0 radical (unpaired) electrons. The lowest BCUT2D eigenvalue weighted by Gasteiger charge is -2.19. The summed E-state index contributed by atoms with van der Waals surface area (Å²) in [5.41, 5.74) is 7.28. The number of aryl methyl sites for hydroxylation is 1. The normalized spacial score (nSPS) is 12.5. The van der Waals surface area contributed by atoms with E-state index in [1.165, 1.54) is 5.56 Å². The quantitative estimate of drug-likeness (QED) is 0.561. The van der Waals surface area contributed by atoms with Crippen LogP contribution in [-0.2, 0) is 0 Å². The number of hydrogen-bond donors (Lipinski definition) is 2. The third-order valence-electron chi connectivity index (χ3n) is 3.66. The van der Waals surface area contributed by atoms with Crippen molar-refractivity contribution in [3.05, 3.63) is 75.9 Å². The van der Waals surface area contributed by atoms with Crippen LogP contribution in [0.2, 0.25) is 0 Å². The van der Waals surface area contributed by atoms with Crippen LogP contribution in [0.5, 0.6) is 0 Å². The molecule has 0 aliphatic rings. The second-order valence-electron chi connectivity index (χ2n) is 5.03. The van der Waals surface area contributed by atoms with Crippen LogP contribution in [0, 0.1) is 6.92 Å². The number of nitrogens with two attached hydrogens (primary N) is 1. The number of nitrogens with zero attached hydrogens (tertiary/aromatic N) is 1. The lowest BCUT2D eigenvalue weighted by atomic mass is 9.96. The maximum atomic E-state index is 5.83. The molecule has 3 N–H and O–H groups in total. The highest BCUT2D eigenvalue weighted by Gasteiger charge is 2.16. The molecule has 0 amide bonds. The lowest BCUT2D eigenvalue weighted by molar-refractivity contribution is 0.639. The lowest BCUT2D eigenvalue weighted by Crippen LogP contribution is -2.29. The van der Waals surface area contributed by atoms with E-state index in [0.717, 1.165) is 26.5 Å². The molecule has 2 aromatic carbocycles. The third kappa shape index (κ3) is 2.70. The maximum absolute atomic E-state index is 5.83. The van der Waals surface area contributed by atoms with Gasteiger partial charge in [-0.25, -0.2) is 5.43 Å². The molecule has 0 aliphatic carbocycles. The summed E-state index contributed by atoms with van der Waals surface area (Å²) in [7, 11) is 0. The fourth-order valence-electron chi connectivity index (χ4n) is 2.57. The number of nitrogens with one attached hydrogen (secondary N) is 1. The Kier molecular flexibility index (Phi) is 4.01. The van der Waals surface area contributed by atoms with E-state index < -0.39 is 0 Å². The number of halogens is 1. The zero-order valence-corrected chi connectivity index (χ0v) is 13.3. The van der Waals surface area contributed by atoms with Gasteiger partial charge in [0.05, 0.1) is 11.6 Å². The summed E-state index contributed by atoms with van der Waals surface area (Å²) < 4.78 is 1.10. The zero-order chi connectivity index (χ0) is 14.8. The van der Waals surface area contributed by atoms with Crippen molar-refractivity contribution < 1.29 is 0 Å². The van der Waals surface area contributed by atoms with Crippen LogP contribution >= 0.6 is 15.9 Å². The van der Waals surface area contributed by atoms with Gasteiger partial charge in [0.2, 0.25) is 0 Å². The summed E-state index contributed by atoms with van der Waals surface area (Å²) in [5.74, 6) is 5.83. The molecule has 3 rings (SSSR count). The standard InChI is InChI=1S/C17H16BrN3/c1-11-10-13(7-8-15(11)18)17(21-19)14-6-2-4-12-5-3-9-20-16(12)14/h2-10,17,21H,19H2,1H3. The molecule has 4 heteroatoms. The van der Waals surface area contributed by atoms with E-state index in [4.69, 9.17) is 5.84 Å². The molecule has 0 aliphatic heterocycles. The van der Waals surface area contributed by atoms with Gasteiger partial charge in [-0.05, 0) is 30.2 Å². The minimum absolute atomic E-state index is 0.0876. The van der Waals surface area contributed by atoms with Crippen LogP contribution in [-0.4, -0.2) is 4.98 Å². The summed E-state index contributed by atoms with van der Waals surface area (Å²) in [6, 6.07) is 16.3. The number of para-hydroxylation sites is 1. The second-order valence-corrected chi connectivity index (χ2v) is 5.88. The van der Waals surface area contributed by atoms with Gasteiger partial charge >= 0.3 is 0 Å². The highest BCUT2D eigenvalue weighted by molar-refractivity contribution is 9.10. The van der Waals surface area contributed by atoms with Gasteiger partial charge in [-0.2, -0.15) is 0 Å². The number of fused-ring (bicyclic) bond motifs is 1. The fourth-order valence-corrected chi connectivity index (χ4v) is 2.82. The van der Waals surface area contributed by atoms with Gasteiger partial charge in [0.15, 0.2) is 0 Å². The highest BCUT2D eigenvalue weighted by atomic mass is 79.9. The van der Waals surface area contributed by atoms with Crippen molar-refractivity contribution in [1.82, 2.24) is 10.4 Å². The fraction of sp³-hybridized carbons (Fsp3) is 0.118. The minimum Gasteiger partial charge on any atom is -0.271 e. The smallest absolute Gasteiger partial charge is 0.0753 e. The predicted molar refractivity (Wildman–Crippen MR) is 89.8 cm³/mol. The monoisotopic (exact) mass is 341 g/mol. The molecule has 1 heterocycles. The highest BCUT2D eigenvalue weighted by Crippen LogP contribution is 2.29. The van der Waals surface area contributed by atoms with Gasteiger partial charge in [0.1, 0.15) is 0 Å². The molecule has 106 valence electrons. The Morgan fingerprint density at radius 2 is 1.95 bits per heavy atom. The largest absolute Gasteiger partial charge is 0.271 e. The molecule has 0 saturated carbocycles. The van der Waals surface area contributed by atoms with Gasteiger partial charge in [0.25, 0.3) is 0 Å². The molecule has 3 nitrogen and oxygen atoms in total. The molecule has 0 spiro atoms. The van der Waals surface area contributed by atoms with E-state index in [1.54, 1.807) is 0 Å². The van der Waals surface area contributed by atoms with Gasteiger partial charge in [-0.3, -0.25) is 10.8 Å². The summed E-state index contributed by atoms with van der Waals surface area (Å²) in [6.45, 7) is 2.07. The first kappa shape index (κ1) is 14.2. The van der Waals surface area contributed by atoms with Crippen molar-refractivity contribution in [3.63, 3.8) is 0 Å². The number of hydrazine groups is 1. The van der Waals surface area contributed by atoms with Crippen molar-refractivity contribution in [2.75, 3.05) is 0 Å². The van der Waals surface area contributed by atoms with Crippen molar-refractivity contribution in [2.45, 2.75) is 13.0 Å². The Labute approximate surface area is 132 Å². The van der Waals surface area contributed by atoms with Gasteiger partial charge in [-0.1, -0.05) is 52.3 Å². The first-order valence-corrected chi connectivity index (χ1v) is 7.56. The van der Waals surface area contributed by atoms with Crippen molar-refractivity contribution >= 4 is 26.8 Å². The molecule has 1 aromatic heterocycles. The van der Waals surface area contributed by atoms with E-state index in [-0.39, 0.29) is 6.04 Å². The molecule has 0 bridgehead atoms. The Morgan fingerprint density at radius 1 is 1.14 bits per heavy atom. The summed E-state index contributed by atoms with van der Waals surface area (Å²) in [4.78, 5) is 4.51. The number of pyridine rings is 1. The van der Waals surface area contributed by atoms with E-state index in [9.17, 15) is 0 Å². The van der Waals surface area contributed by atoms with E-state index in [0.29, 0.717) is 0 Å². The van der Waals surface area contributed by atoms with Crippen molar-refractivity contribution in [3.8, 4) is 0 Å². The van der Waals surface area contributed by atoms with Gasteiger partial charge in [-0.15, -0.1) is 0 Å². The molecule has 0 fully saturated rings. The summed E-state index contributed by atoms with van der Waals surface area (Å²) in [5, 5.41) is 1.11. The molecule has 3 aromatic rings. The van der Waals surface area contributed by atoms with E-state index in [2.05, 4.69) is 63.6 Å². The van der Waals surface area contributed by atoms with Crippen LogP contribution in [0.15, 0.2) is 59.2 Å². The maximum Gasteiger partial charge on any atom is 0.0753 e. The predicted octanol–water partition coefficient (Wildman–Crippen LogP) is 3.86. The van der Waals surface area contributed by atoms with Crippen LogP contribution in [0.1, 0.15) is 22.7 Å². The number of rotatable bonds is 3. The van der Waals surface area contributed by atoms with Crippen molar-refractivity contribution in [2.24, 2.45) is 5.84 Å². The Bertz CT molecular complexity index is 781. The molecule has 1 unspecified atom stereocenters. The second kappa shape index (κ2) is 5.93. The average molecular weight is 342 g/mol. The minimum atomic E-state index is -0.0876. The number of benzene rings is 2. The van der Waals surface area contributed by atoms with Crippen LogP contribution in [0.4, 0.5) is 0 Å². The van der Waals surface area contributed by atoms with E-state index >= 15 is 0 Å². The Hall–Kier alpha value is -1.75. The Morgan fingerprint density at radius 3 is 2.71 bits per heavy atom. The molecule has 0 saturated heterocycles. The molecule has 21 heavy (non-hydrogen) atoms. The Balaban J connectivity index is 2.16. The first-order chi connectivity index (χ1) is 10.2. The zero-order valence-electron chi connectivity index (χ0n) is 11.7. The van der Waals surface area contributed by atoms with Crippen LogP contribution in [0.25, 0.3) is 10.9 Å². The number of hydrogen-bond acceptors (Lipinski definition) is 3. The van der Waals surface area contributed by atoms with Gasteiger partial charge in [0, 0.05) is 21.6 Å². The summed E-state index contributed by atoms with van der Waals surface area (Å²) >= 11 is 3.53. The van der Waals surface area contributed by atoms with Crippen LogP contribution in [0.3, 0.4) is 0 Å². The molecular formula is C17H16BrN3. The first-order valence-electron chi connectivity index (χ1n) is 6.76. The molecule has 1 atom stereocenters. The molecular weight excluding hydrogens is 326 g/mol. The average Bonchev–Trinajstić information content (AvgIpc) is 2.52. The third-order valence-corrected chi connectivity index (χ3v) is 4.55. The SMILES string of the molecule is Cc1cc(C(NN)c2cccc3cccnc23)ccc1Br. The van der Waals surface area contributed by atoms with E-state index in [1.807, 2.05) is 24.4 Å². The summed E-state index contributed by atoms with van der Waals surface area (Å²) in [6.07, 6.45) is 1.81. The number of aromatic nitrogens is 1. The topological polar surface area (TPSA) is 50.9 Å². The van der Waals surface area contributed by atoms with Crippen molar-refractivity contribution in [1.29, 1.82) is 0 Å². The van der Waals surface area contributed by atoms with Gasteiger partial charge < -0.3 is 0 Å².